The third-order valence-corrected chi connectivity index (χ3v) is 5.05. The highest BCUT2D eigenvalue weighted by molar-refractivity contribution is 5.67. The molecular formula is C15H27NO3. The van der Waals surface area contributed by atoms with Crippen molar-refractivity contribution in [3.63, 3.8) is 0 Å². The van der Waals surface area contributed by atoms with Gasteiger partial charge in [-0.2, -0.15) is 0 Å². The summed E-state index contributed by atoms with van der Waals surface area (Å²) in [5, 5.41) is 9.77. The van der Waals surface area contributed by atoms with Crippen LogP contribution in [-0.2, 0) is 4.74 Å². The van der Waals surface area contributed by atoms with E-state index in [0.717, 1.165) is 25.7 Å². The highest BCUT2D eigenvalue weighted by atomic mass is 16.6. The number of hydrogen-bond acceptors (Lipinski definition) is 2. The van der Waals surface area contributed by atoms with Gasteiger partial charge in [-0.3, -0.25) is 4.90 Å². The van der Waals surface area contributed by atoms with Crippen molar-refractivity contribution in [2.75, 3.05) is 6.61 Å². The first-order valence-corrected chi connectivity index (χ1v) is 7.43. The Kier molecular flexibility index (Phi) is 3.83. The maximum absolute atomic E-state index is 11.9. The SMILES string of the molecule is CC(C1CO1)N(C(=O)O)C1(C(C)(C)C)CCCCC1. The van der Waals surface area contributed by atoms with Crippen LogP contribution in [0, 0.1) is 5.41 Å². The van der Waals surface area contributed by atoms with E-state index in [-0.39, 0.29) is 23.1 Å². The van der Waals surface area contributed by atoms with Crippen molar-refractivity contribution in [3.05, 3.63) is 0 Å². The van der Waals surface area contributed by atoms with E-state index in [9.17, 15) is 9.90 Å². The highest BCUT2D eigenvalue weighted by Gasteiger charge is 2.53. The van der Waals surface area contributed by atoms with Crippen molar-refractivity contribution in [3.8, 4) is 0 Å². The molecule has 0 spiro atoms. The molecule has 2 atom stereocenters. The van der Waals surface area contributed by atoms with Crippen molar-refractivity contribution in [2.24, 2.45) is 5.41 Å². The topological polar surface area (TPSA) is 53.1 Å². The van der Waals surface area contributed by atoms with Crippen LogP contribution in [0.2, 0.25) is 0 Å². The molecule has 1 amide bonds. The van der Waals surface area contributed by atoms with Gasteiger partial charge in [0, 0.05) is 0 Å². The monoisotopic (exact) mass is 269 g/mol. The van der Waals surface area contributed by atoms with Crippen LogP contribution in [0.15, 0.2) is 0 Å². The molecule has 1 N–H and O–H groups in total. The molecule has 2 aliphatic rings. The highest BCUT2D eigenvalue weighted by Crippen LogP contribution is 2.48. The third-order valence-electron chi connectivity index (χ3n) is 5.05. The molecule has 1 heterocycles. The second-order valence-corrected chi connectivity index (χ2v) is 7.11. The van der Waals surface area contributed by atoms with Gasteiger partial charge >= 0.3 is 6.09 Å². The average Bonchev–Trinajstić information content (AvgIpc) is 3.12. The number of epoxide rings is 1. The van der Waals surface area contributed by atoms with Crippen LogP contribution in [0.1, 0.15) is 59.8 Å². The molecule has 0 aromatic heterocycles. The number of ether oxygens (including phenoxy) is 1. The zero-order valence-corrected chi connectivity index (χ0v) is 12.6. The maximum atomic E-state index is 11.9. The minimum atomic E-state index is -0.792. The average molecular weight is 269 g/mol. The van der Waals surface area contributed by atoms with Gasteiger partial charge in [-0.1, -0.05) is 40.0 Å². The molecule has 1 aliphatic heterocycles. The number of rotatable bonds is 3. The molecule has 0 bridgehead atoms. The Hall–Kier alpha value is -0.770. The number of hydrogen-bond donors (Lipinski definition) is 1. The summed E-state index contributed by atoms with van der Waals surface area (Å²) >= 11 is 0. The lowest BCUT2D eigenvalue weighted by molar-refractivity contribution is -0.0482. The summed E-state index contributed by atoms with van der Waals surface area (Å²) in [5.74, 6) is 0. The molecule has 110 valence electrons. The van der Waals surface area contributed by atoms with Gasteiger partial charge < -0.3 is 9.84 Å². The predicted molar refractivity (Wildman–Crippen MR) is 74.3 cm³/mol. The van der Waals surface area contributed by atoms with Gasteiger partial charge in [-0.25, -0.2) is 4.79 Å². The molecule has 1 saturated heterocycles. The molecule has 1 aliphatic carbocycles. The lowest BCUT2D eigenvalue weighted by atomic mass is 9.64. The third kappa shape index (κ3) is 2.60. The van der Waals surface area contributed by atoms with E-state index in [0.29, 0.717) is 6.61 Å². The van der Waals surface area contributed by atoms with Gasteiger partial charge in [0.1, 0.15) is 6.10 Å². The largest absolute Gasteiger partial charge is 0.465 e. The van der Waals surface area contributed by atoms with Gasteiger partial charge in [0.2, 0.25) is 0 Å². The van der Waals surface area contributed by atoms with E-state index in [1.54, 1.807) is 4.90 Å². The van der Waals surface area contributed by atoms with Crippen LogP contribution < -0.4 is 0 Å². The van der Waals surface area contributed by atoms with Crippen molar-refractivity contribution < 1.29 is 14.6 Å². The van der Waals surface area contributed by atoms with Crippen molar-refractivity contribution >= 4 is 6.09 Å². The Balaban J connectivity index is 2.35. The van der Waals surface area contributed by atoms with E-state index in [1.807, 2.05) is 6.92 Å². The summed E-state index contributed by atoms with van der Waals surface area (Å²) in [6.07, 6.45) is 4.72. The van der Waals surface area contributed by atoms with E-state index in [2.05, 4.69) is 20.8 Å². The lowest BCUT2D eigenvalue weighted by Gasteiger charge is -2.55. The normalized spacial score (nSPS) is 27.7. The fourth-order valence-corrected chi connectivity index (χ4v) is 3.74. The van der Waals surface area contributed by atoms with E-state index in [1.165, 1.54) is 6.42 Å². The fraction of sp³-hybridized carbons (Fsp3) is 0.933. The van der Waals surface area contributed by atoms with E-state index < -0.39 is 6.09 Å². The zero-order chi connectivity index (χ0) is 14.3. The maximum Gasteiger partial charge on any atom is 0.408 e. The Morgan fingerprint density at radius 3 is 2.21 bits per heavy atom. The van der Waals surface area contributed by atoms with Crippen LogP contribution in [0.5, 0.6) is 0 Å². The molecule has 0 radical (unpaired) electrons. The van der Waals surface area contributed by atoms with Gasteiger partial charge in [-0.05, 0) is 25.2 Å². The molecule has 0 aromatic rings. The van der Waals surface area contributed by atoms with Crippen molar-refractivity contribution in [1.82, 2.24) is 4.90 Å². The Labute approximate surface area is 116 Å². The number of nitrogens with zero attached hydrogens (tertiary/aromatic N) is 1. The second-order valence-electron chi connectivity index (χ2n) is 7.11. The molecule has 0 aromatic carbocycles. The quantitative estimate of drug-likeness (QED) is 0.798. The minimum absolute atomic E-state index is 0.0465. The zero-order valence-electron chi connectivity index (χ0n) is 12.6. The van der Waals surface area contributed by atoms with Gasteiger partial charge in [0.05, 0.1) is 18.2 Å². The van der Waals surface area contributed by atoms with Gasteiger partial charge in [-0.15, -0.1) is 0 Å². The van der Waals surface area contributed by atoms with Crippen LogP contribution in [0.25, 0.3) is 0 Å². The van der Waals surface area contributed by atoms with Crippen LogP contribution >= 0.6 is 0 Å². The van der Waals surface area contributed by atoms with Crippen LogP contribution in [-0.4, -0.2) is 40.4 Å². The molecule has 2 rings (SSSR count). The number of amides is 1. The standard InChI is InChI=1S/C15H27NO3/c1-11(12-10-19-12)16(13(17)18)15(14(2,3)4)8-6-5-7-9-15/h11-12H,5-10H2,1-4H3,(H,17,18). The van der Waals surface area contributed by atoms with Crippen LogP contribution in [0.3, 0.4) is 0 Å². The number of carbonyl (C=O) groups is 1. The molecule has 1 saturated carbocycles. The van der Waals surface area contributed by atoms with Gasteiger partial charge in [0.15, 0.2) is 0 Å². The lowest BCUT2D eigenvalue weighted by Crippen LogP contribution is -2.63. The minimum Gasteiger partial charge on any atom is -0.465 e. The molecule has 4 nitrogen and oxygen atoms in total. The van der Waals surface area contributed by atoms with Gasteiger partial charge in [0.25, 0.3) is 0 Å². The first kappa shape index (κ1) is 14.6. The van der Waals surface area contributed by atoms with Crippen molar-refractivity contribution in [2.45, 2.75) is 77.5 Å². The molecule has 4 heteroatoms. The summed E-state index contributed by atoms with van der Waals surface area (Å²) < 4.78 is 5.34. The van der Waals surface area contributed by atoms with E-state index >= 15 is 0 Å². The molecule has 2 fully saturated rings. The second kappa shape index (κ2) is 4.97. The summed E-state index contributed by atoms with van der Waals surface area (Å²) in [4.78, 5) is 13.6. The summed E-state index contributed by atoms with van der Waals surface area (Å²) in [6.45, 7) is 9.22. The van der Waals surface area contributed by atoms with E-state index in [4.69, 9.17) is 4.74 Å². The smallest absolute Gasteiger partial charge is 0.408 e. The first-order chi connectivity index (χ1) is 8.79. The first-order valence-electron chi connectivity index (χ1n) is 7.43. The number of carboxylic acid groups (broad SMARTS) is 1. The molecular weight excluding hydrogens is 242 g/mol. The fourth-order valence-electron chi connectivity index (χ4n) is 3.74. The predicted octanol–water partition coefficient (Wildman–Crippen LogP) is 3.50. The Morgan fingerprint density at radius 1 is 1.32 bits per heavy atom. The molecule has 2 unspecified atom stereocenters. The summed E-state index contributed by atoms with van der Waals surface area (Å²) in [6, 6.07) is -0.0465. The summed E-state index contributed by atoms with van der Waals surface area (Å²) in [5.41, 5.74) is -0.294. The Morgan fingerprint density at radius 2 is 1.84 bits per heavy atom. The Bertz CT molecular complexity index is 338. The molecule has 19 heavy (non-hydrogen) atoms. The van der Waals surface area contributed by atoms with Crippen LogP contribution in [0.4, 0.5) is 4.79 Å². The van der Waals surface area contributed by atoms with Crippen molar-refractivity contribution in [1.29, 1.82) is 0 Å². The summed E-state index contributed by atoms with van der Waals surface area (Å²) in [7, 11) is 0.